The smallest absolute Gasteiger partial charge is 0.330 e. The molecule has 0 saturated heterocycles. The van der Waals surface area contributed by atoms with Crippen LogP contribution in [0, 0.1) is 0 Å². The molecule has 0 fully saturated rings. The molecule has 3 heteroatoms. The lowest BCUT2D eigenvalue weighted by atomic mass is 10.0. The highest BCUT2D eigenvalue weighted by molar-refractivity contribution is 9.09. The summed E-state index contributed by atoms with van der Waals surface area (Å²) in [7, 11) is 0. The Morgan fingerprint density at radius 1 is 0.864 bits per heavy atom. The molecule has 0 aromatic rings. The first kappa shape index (κ1) is 21.7. The predicted octanol–water partition coefficient (Wildman–Crippen LogP) is 6.57. The molecule has 0 spiro atoms. The average Bonchev–Trinajstić information content (AvgIpc) is 2.52. The van der Waals surface area contributed by atoms with Crippen molar-refractivity contribution in [2.75, 3.05) is 11.9 Å². The van der Waals surface area contributed by atoms with Gasteiger partial charge >= 0.3 is 5.97 Å². The van der Waals surface area contributed by atoms with Crippen LogP contribution in [0.4, 0.5) is 0 Å². The maximum absolute atomic E-state index is 11.8. The minimum atomic E-state index is -0.147. The van der Waals surface area contributed by atoms with E-state index in [1.54, 1.807) is 6.08 Å². The zero-order valence-corrected chi connectivity index (χ0v) is 16.3. The van der Waals surface area contributed by atoms with Crippen molar-refractivity contribution in [3.05, 3.63) is 11.6 Å². The quantitative estimate of drug-likeness (QED) is 0.140. The van der Waals surface area contributed by atoms with Crippen LogP contribution < -0.4 is 0 Å². The Kier molecular flexibility index (Phi) is 16.8. The first-order valence-electron chi connectivity index (χ1n) is 9.16. The number of allylic oxidation sites excluding steroid dienone is 1. The van der Waals surface area contributed by atoms with E-state index in [1.807, 2.05) is 0 Å². The molecule has 0 rings (SSSR count). The molecule has 0 radical (unpaired) electrons. The number of esters is 1. The monoisotopic (exact) mass is 374 g/mol. The van der Waals surface area contributed by atoms with E-state index in [9.17, 15) is 4.79 Å². The third kappa shape index (κ3) is 14.6. The van der Waals surface area contributed by atoms with E-state index in [0.717, 1.165) is 31.0 Å². The van der Waals surface area contributed by atoms with Crippen molar-refractivity contribution in [3.63, 3.8) is 0 Å². The molecule has 0 atom stereocenters. The molecule has 0 aliphatic heterocycles. The second-order valence-corrected chi connectivity index (χ2v) is 6.78. The Labute approximate surface area is 146 Å². The first-order valence-corrected chi connectivity index (χ1v) is 10.3. The van der Waals surface area contributed by atoms with Crippen molar-refractivity contribution >= 4 is 21.9 Å². The van der Waals surface area contributed by atoms with Crippen LogP contribution in [-0.2, 0) is 9.53 Å². The molecule has 0 aliphatic rings. The normalized spacial score (nSPS) is 11.7. The predicted molar refractivity (Wildman–Crippen MR) is 99.6 cm³/mol. The first-order chi connectivity index (χ1) is 10.7. The van der Waals surface area contributed by atoms with Crippen LogP contribution in [0.5, 0.6) is 0 Å². The van der Waals surface area contributed by atoms with Crippen molar-refractivity contribution in [1.82, 2.24) is 0 Å². The van der Waals surface area contributed by atoms with E-state index in [0.29, 0.717) is 6.61 Å². The largest absolute Gasteiger partial charge is 0.463 e. The number of unbranched alkanes of at least 4 members (excludes halogenated alkanes) is 7. The summed E-state index contributed by atoms with van der Waals surface area (Å²) in [4.78, 5) is 11.8. The van der Waals surface area contributed by atoms with Gasteiger partial charge in [0.25, 0.3) is 0 Å². The molecule has 0 amide bonds. The maximum atomic E-state index is 11.8. The number of rotatable bonds is 15. The van der Waals surface area contributed by atoms with Crippen molar-refractivity contribution in [1.29, 1.82) is 0 Å². The van der Waals surface area contributed by atoms with Crippen LogP contribution in [0.3, 0.4) is 0 Å². The molecule has 0 aromatic carbocycles. The zero-order valence-electron chi connectivity index (χ0n) is 14.7. The van der Waals surface area contributed by atoms with Crippen LogP contribution in [0.15, 0.2) is 11.6 Å². The lowest BCUT2D eigenvalue weighted by Crippen LogP contribution is -2.04. The SMILES string of the molecule is CCCCCCCC/C(=C/C(=O)OCCCCBr)CCCC. The van der Waals surface area contributed by atoms with E-state index < -0.39 is 0 Å². The number of halogens is 1. The topological polar surface area (TPSA) is 26.3 Å². The maximum Gasteiger partial charge on any atom is 0.330 e. The second kappa shape index (κ2) is 17.1. The Bertz CT molecular complexity index is 287. The summed E-state index contributed by atoms with van der Waals surface area (Å²) in [5.74, 6) is -0.147. The Balaban J connectivity index is 4.02. The fourth-order valence-electron chi connectivity index (χ4n) is 2.38. The lowest BCUT2D eigenvalue weighted by Gasteiger charge is -2.08. The molecule has 0 unspecified atom stereocenters. The molecular formula is C19H35BrO2. The summed E-state index contributed by atoms with van der Waals surface area (Å²) >= 11 is 3.38. The van der Waals surface area contributed by atoms with Crippen molar-refractivity contribution in [3.8, 4) is 0 Å². The standard InChI is InChI=1S/C19H35BrO2/c1-3-5-7-8-9-10-14-18(13-6-4-2)17-19(21)22-16-12-11-15-20/h17H,3-16H2,1-2H3/b18-17+. The number of ether oxygens (including phenoxy) is 1. The average molecular weight is 375 g/mol. The van der Waals surface area contributed by atoms with Gasteiger partial charge in [-0.15, -0.1) is 0 Å². The van der Waals surface area contributed by atoms with Crippen molar-refractivity contribution in [2.45, 2.75) is 90.9 Å². The molecule has 0 heterocycles. The molecule has 22 heavy (non-hydrogen) atoms. The zero-order chi connectivity index (χ0) is 16.5. The van der Waals surface area contributed by atoms with Gasteiger partial charge in [-0.3, -0.25) is 0 Å². The number of carbonyl (C=O) groups excluding carboxylic acids is 1. The fraction of sp³-hybridized carbons (Fsp3) is 0.842. The van der Waals surface area contributed by atoms with E-state index in [1.165, 1.54) is 56.9 Å². The van der Waals surface area contributed by atoms with Gasteiger partial charge in [0.15, 0.2) is 0 Å². The number of carbonyl (C=O) groups is 1. The van der Waals surface area contributed by atoms with E-state index >= 15 is 0 Å². The third-order valence-corrected chi connectivity index (χ3v) is 4.36. The minimum Gasteiger partial charge on any atom is -0.463 e. The van der Waals surface area contributed by atoms with Crippen LogP contribution >= 0.6 is 15.9 Å². The molecule has 2 nitrogen and oxygen atoms in total. The molecular weight excluding hydrogens is 340 g/mol. The minimum absolute atomic E-state index is 0.147. The summed E-state index contributed by atoms with van der Waals surface area (Å²) < 4.78 is 5.28. The van der Waals surface area contributed by atoms with Crippen molar-refractivity contribution in [2.24, 2.45) is 0 Å². The molecule has 0 N–H and O–H groups in total. The lowest BCUT2D eigenvalue weighted by molar-refractivity contribution is -0.137. The molecule has 0 saturated carbocycles. The summed E-state index contributed by atoms with van der Waals surface area (Å²) in [6, 6.07) is 0. The van der Waals surface area contributed by atoms with Gasteiger partial charge in [0, 0.05) is 11.4 Å². The van der Waals surface area contributed by atoms with Gasteiger partial charge in [-0.05, 0) is 38.5 Å². The summed E-state index contributed by atoms with van der Waals surface area (Å²) in [6.45, 7) is 4.98. The highest BCUT2D eigenvalue weighted by Gasteiger charge is 2.04. The Morgan fingerprint density at radius 3 is 2.18 bits per heavy atom. The molecule has 130 valence electrons. The Morgan fingerprint density at radius 2 is 1.50 bits per heavy atom. The van der Waals surface area contributed by atoms with E-state index in [-0.39, 0.29) is 5.97 Å². The number of hydrogen-bond acceptors (Lipinski definition) is 2. The summed E-state index contributed by atoms with van der Waals surface area (Å²) in [5.41, 5.74) is 1.28. The van der Waals surface area contributed by atoms with Gasteiger partial charge in [0.2, 0.25) is 0 Å². The van der Waals surface area contributed by atoms with Gasteiger partial charge in [-0.1, -0.05) is 73.9 Å². The molecule has 0 bridgehead atoms. The van der Waals surface area contributed by atoms with Gasteiger partial charge in [-0.2, -0.15) is 0 Å². The second-order valence-electron chi connectivity index (χ2n) is 5.99. The molecule has 0 aliphatic carbocycles. The van der Waals surface area contributed by atoms with Gasteiger partial charge in [-0.25, -0.2) is 4.79 Å². The van der Waals surface area contributed by atoms with E-state index in [2.05, 4.69) is 29.8 Å². The Hall–Kier alpha value is -0.310. The third-order valence-electron chi connectivity index (χ3n) is 3.80. The van der Waals surface area contributed by atoms with Crippen LogP contribution in [0.1, 0.15) is 90.9 Å². The van der Waals surface area contributed by atoms with Gasteiger partial charge < -0.3 is 4.74 Å². The number of hydrogen-bond donors (Lipinski definition) is 0. The number of alkyl halides is 1. The van der Waals surface area contributed by atoms with Gasteiger partial charge in [0.1, 0.15) is 0 Å². The molecule has 0 aromatic heterocycles. The highest BCUT2D eigenvalue weighted by Crippen LogP contribution is 2.17. The van der Waals surface area contributed by atoms with E-state index in [4.69, 9.17) is 4.74 Å². The summed E-state index contributed by atoms with van der Waals surface area (Å²) in [5, 5.41) is 0.972. The van der Waals surface area contributed by atoms with Gasteiger partial charge in [0.05, 0.1) is 6.61 Å². The fourth-order valence-corrected chi connectivity index (χ4v) is 2.78. The highest BCUT2D eigenvalue weighted by atomic mass is 79.9. The van der Waals surface area contributed by atoms with Crippen LogP contribution in [0.2, 0.25) is 0 Å². The van der Waals surface area contributed by atoms with Crippen molar-refractivity contribution < 1.29 is 9.53 Å². The van der Waals surface area contributed by atoms with Crippen LogP contribution in [0.25, 0.3) is 0 Å². The summed E-state index contributed by atoms with van der Waals surface area (Å²) in [6.07, 6.45) is 16.0. The van der Waals surface area contributed by atoms with Crippen LogP contribution in [-0.4, -0.2) is 17.9 Å².